The van der Waals surface area contributed by atoms with Crippen LogP contribution in [-0.2, 0) is 17.8 Å². The minimum Gasteiger partial charge on any atom is -0.481 e. The number of carbonyl (C=O) groups is 1. The lowest BCUT2D eigenvalue weighted by molar-refractivity contribution is -0.142. The van der Waals surface area contributed by atoms with E-state index in [0.29, 0.717) is 18.7 Å². The van der Waals surface area contributed by atoms with Crippen molar-refractivity contribution in [3.8, 4) is 11.1 Å². The quantitative estimate of drug-likeness (QED) is 0.469. The molecule has 0 spiro atoms. The molecule has 1 aromatic heterocycles. The van der Waals surface area contributed by atoms with Crippen LogP contribution in [0.1, 0.15) is 61.9 Å². The third-order valence-electron chi connectivity index (χ3n) is 6.62. The molecule has 0 amide bonds. The second-order valence-corrected chi connectivity index (χ2v) is 9.05. The number of likely N-dealkylation sites (tertiary alicyclic amines) is 1. The van der Waals surface area contributed by atoms with Crippen LogP contribution in [0.25, 0.3) is 11.1 Å². The van der Waals surface area contributed by atoms with E-state index >= 15 is 0 Å². The molecule has 3 aromatic rings. The molecule has 7 nitrogen and oxygen atoms in total. The zero-order chi connectivity index (χ0) is 23.0. The zero-order valence-corrected chi connectivity index (χ0v) is 19.3. The largest absolute Gasteiger partial charge is 0.481 e. The van der Waals surface area contributed by atoms with Gasteiger partial charge in [-0.1, -0.05) is 67.4 Å². The number of piperidine rings is 1. The fourth-order valence-electron chi connectivity index (χ4n) is 4.86. The highest BCUT2D eigenvalue weighted by Crippen LogP contribution is 2.31. The molecule has 0 bridgehead atoms. The number of aromatic amines is 1. The number of tetrazole rings is 1. The zero-order valence-electron chi connectivity index (χ0n) is 19.3. The highest BCUT2D eigenvalue weighted by atomic mass is 16.4. The number of aromatic nitrogens is 4. The van der Waals surface area contributed by atoms with E-state index in [4.69, 9.17) is 0 Å². The van der Waals surface area contributed by atoms with E-state index in [2.05, 4.69) is 74.1 Å². The number of carboxylic acids is 1. The number of nitrogens with one attached hydrogen (secondary N) is 1. The van der Waals surface area contributed by atoms with Crippen molar-refractivity contribution in [1.29, 1.82) is 0 Å². The maximum absolute atomic E-state index is 11.9. The number of benzene rings is 2. The Kier molecular flexibility index (Phi) is 7.83. The van der Waals surface area contributed by atoms with Crippen LogP contribution in [0, 0.1) is 5.92 Å². The Balaban J connectivity index is 1.49. The second-order valence-electron chi connectivity index (χ2n) is 9.05. The maximum atomic E-state index is 11.9. The molecule has 33 heavy (non-hydrogen) atoms. The van der Waals surface area contributed by atoms with Crippen molar-refractivity contribution >= 4 is 5.97 Å². The van der Waals surface area contributed by atoms with E-state index in [1.54, 1.807) is 0 Å². The molecule has 1 saturated heterocycles. The van der Waals surface area contributed by atoms with Gasteiger partial charge in [-0.15, -0.1) is 10.2 Å². The Morgan fingerprint density at radius 1 is 1.06 bits per heavy atom. The SMILES string of the molecule is CCC[C@H](C(=O)O)[C@H](Cc1ccc(-c2cccc(CN3CCCCC3)c2)cc1)c1nn[nH]n1. The fourth-order valence-corrected chi connectivity index (χ4v) is 4.86. The molecule has 0 aliphatic carbocycles. The standard InChI is InChI=1S/C26H33N5O2/c1-2-7-23(26(32)33)24(25-27-29-30-28-25)17-19-10-12-21(13-11-19)22-9-6-8-20(16-22)18-31-14-4-3-5-15-31/h6,8-13,16,23-24H,2-5,7,14-15,17-18H2,1H3,(H,32,33)(H,27,28,29,30)/t23-,24-/m0/s1. The Morgan fingerprint density at radius 3 is 2.52 bits per heavy atom. The monoisotopic (exact) mass is 447 g/mol. The molecule has 174 valence electrons. The Bertz CT molecular complexity index is 1010. The first-order chi connectivity index (χ1) is 16.1. The topological polar surface area (TPSA) is 95.0 Å². The van der Waals surface area contributed by atoms with Gasteiger partial charge in [-0.05, 0) is 67.1 Å². The Morgan fingerprint density at radius 2 is 1.85 bits per heavy atom. The number of aliphatic carboxylic acids is 1. The Labute approximate surface area is 195 Å². The molecule has 2 aromatic carbocycles. The summed E-state index contributed by atoms with van der Waals surface area (Å²) in [6, 6.07) is 17.2. The summed E-state index contributed by atoms with van der Waals surface area (Å²) in [5.74, 6) is -1.21. The van der Waals surface area contributed by atoms with E-state index in [9.17, 15) is 9.90 Å². The van der Waals surface area contributed by atoms with Gasteiger partial charge >= 0.3 is 5.97 Å². The summed E-state index contributed by atoms with van der Waals surface area (Å²) < 4.78 is 0. The molecular weight excluding hydrogens is 414 g/mol. The highest BCUT2D eigenvalue weighted by molar-refractivity contribution is 5.71. The van der Waals surface area contributed by atoms with Crippen LogP contribution in [0.3, 0.4) is 0 Å². The molecule has 4 rings (SSSR count). The summed E-state index contributed by atoms with van der Waals surface area (Å²) >= 11 is 0. The average molecular weight is 448 g/mol. The molecule has 2 N–H and O–H groups in total. The van der Waals surface area contributed by atoms with E-state index < -0.39 is 11.9 Å². The molecule has 2 heterocycles. The van der Waals surface area contributed by atoms with Crippen LogP contribution < -0.4 is 0 Å². The van der Waals surface area contributed by atoms with Crippen LogP contribution in [-0.4, -0.2) is 49.7 Å². The summed E-state index contributed by atoms with van der Waals surface area (Å²) in [5.41, 5.74) is 4.79. The van der Waals surface area contributed by atoms with Crippen LogP contribution in [0.4, 0.5) is 0 Å². The molecule has 1 fully saturated rings. The summed E-state index contributed by atoms with van der Waals surface area (Å²) in [4.78, 5) is 14.5. The second kappa shape index (κ2) is 11.2. The van der Waals surface area contributed by atoms with Crippen molar-refractivity contribution in [2.75, 3.05) is 13.1 Å². The first-order valence-corrected chi connectivity index (χ1v) is 12.0. The van der Waals surface area contributed by atoms with E-state index in [1.165, 1.54) is 49.0 Å². The number of rotatable bonds is 10. The first-order valence-electron chi connectivity index (χ1n) is 12.0. The number of hydrogen-bond donors (Lipinski definition) is 2. The average Bonchev–Trinajstić information content (AvgIpc) is 3.37. The van der Waals surface area contributed by atoms with Gasteiger partial charge in [0.15, 0.2) is 5.82 Å². The predicted octanol–water partition coefficient (Wildman–Crippen LogP) is 4.68. The van der Waals surface area contributed by atoms with Gasteiger partial charge < -0.3 is 5.11 Å². The van der Waals surface area contributed by atoms with Gasteiger partial charge in [0.25, 0.3) is 0 Å². The van der Waals surface area contributed by atoms with Crippen molar-refractivity contribution in [2.45, 2.75) is 57.9 Å². The lowest BCUT2D eigenvalue weighted by Gasteiger charge is -2.26. The molecular formula is C26H33N5O2. The van der Waals surface area contributed by atoms with Crippen LogP contribution in [0.15, 0.2) is 48.5 Å². The van der Waals surface area contributed by atoms with Gasteiger partial charge in [-0.25, -0.2) is 0 Å². The summed E-state index contributed by atoms with van der Waals surface area (Å²) in [6.45, 7) is 5.38. The van der Waals surface area contributed by atoms with Crippen LogP contribution >= 0.6 is 0 Å². The fraction of sp³-hybridized carbons (Fsp3) is 0.462. The third-order valence-corrected chi connectivity index (χ3v) is 6.62. The lowest BCUT2D eigenvalue weighted by atomic mass is 9.83. The minimum absolute atomic E-state index is 0.320. The summed E-state index contributed by atoms with van der Waals surface area (Å²) in [6.07, 6.45) is 5.88. The molecule has 1 aliphatic heterocycles. The minimum atomic E-state index is -0.811. The molecule has 0 radical (unpaired) electrons. The highest BCUT2D eigenvalue weighted by Gasteiger charge is 2.32. The van der Waals surface area contributed by atoms with E-state index in [-0.39, 0.29) is 5.92 Å². The lowest BCUT2D eigenvalue weighted by Crippen LogP contribution is -2.29. The van der Waals surface area contributed by atoms with E-state index in [1.807, 2.05) is 6.92 Å². The van der Waals surface area contributed by atoms with Gasteiger partial charge in [-0.2, -0.15) is 5.21 Å². The van der Waals surface area contributed by atoms with Crippen molar-refractivity contribution < 1.29 is 9.90 Å². The van der Waals surface area contributed by atoms with Crippen LogP contribution in [0.5, 0.6) is 0 Å². The molecule has 1 aliphatic rings. The predicted molar refractivity (Wildman–Crippen MR) is 128 cm³/mol. The molecule has 0 saturated carbocycles. The van der Waals surface area contributed by atoms with E-state index in [0.717, 1.165) is 18.5 Å². The van der Waals surface area contributed by atoms with Crippen molar-refractivity contribution in [2.24, 2.45) is 5.92 Å². The van der Waals surface area contributed by atoms with Crippen molar-refractivity contribution in [1.82, 2.24) is 25.5 Å². The summed E-state index contributed by atoms with van der Waals surface area (Å²) in [7, 11) is 0. The van der Waals surface area contributed by atoms with Crippen molar-refractivity contribution in [3.63, 3.8) is 0 Å². The number of hydrogen-bond acceptors (Lipinski definition) is 5. The van der Waals surface area contributed by atoms with Gasteiger partial charge in [-0.3, -0.25) is 9.69 Å². The first kappa shape index (κ1) is 23.1. The van der Waals surface area contributed by atoms with Gasteiger partial charge in [0.2, 0.25) is 0 Å². The Hall–Kier alpha value is -3.06. The number of H-pyrrole nitrogens is 1. The summed E-state index contributed by atoms with van der Waals surface area (Å²) in [5, 5.41) is 24.1. The third kappa shape index (κ3) is 6.05. The number of carboxylic acid groups (broad SMARTS) is 1. The smallest absolute Gasteiger partial charge is 0.307 e. The van der Waals surface area contributed by atoms with Gasteiger partial charge in [0.1, 0.15) is 0 Å². The number of nitrogens with zero attached hydrogens (tertiary/aromatic N) is 4. The molecule has 7 heteroatoms. The normalized spacial score (nSPS) is 16.4. The van der Waals surface area contributed by atoms with Crippen LogP contribution in [0.2, 0.25) is 0 Å². The maximum Gasteiger partial charge on any atom is 0.307 e. The van der Waals surface area contributed by atoms with Gasteiger partial charge in [0, 0.05) is 12.5 Å². The molecule has 0 unspecified atom stereocenters. The van der Waals surface area contributed by atoms with Crippen molar-refractivity contribution in [3.05, 3.63) is 65.5 Å². The van der Waals surface area contributed by atoms with Gasteiger partial charge in [0.05, 0.1) is 5.92 Å². The molecule has 2 atom stereocenters.